The molecule has 4 N–H and O–H groups in total. The molecule has 1 unspecified atom stereocenters. The molecular weight excluding hydrogens is 280 g/mol. The summed E-state index contributed by atoms with van der Waals surface area (Å²) in [6.45, 7) is 12.0. The number of hydrazine groups is 1. The van der Waals surface area contributed by atoms with E-state index in [1.54, 1.807) is 0 Å². The minimum Gasteiger partial charge on any atom is -0.370 e. The van der Waals surface area contributed by atoms with E-state index in [0.717, 1.165) is 44.8 Å². The van der Waals surface area contributed by atoms with E-state index in [9.17, 15) is 4.79 Å². The van der Waals surface area contributed by atoms with Crippen molar-refractivity contribution in [1.82, 2.24) is 5.43 Å². The molecular formula is C16H38N4O2. The number of carbonyl (C=O) groups is 1. The summed E-state index contributed by atoms with van der Waals surface area (Å²) in [6, 6.07) is 0.598. The van der Waals surface area contributed by atoms with Crippen molar-refractivity contribution in [2.24, 2.45) is 16.1 Å². The van der Waals surface area contributed by atoms with Crippen LogP contribution < -0.4 is 11.3 Å². The molecule has 0 radical (unpaired) electrons. The Bertz CT molecular complexity index is 234. The van der Waals surface area contributed by atoms with Gasteiger partial charge in [-0.15, -0.1) is 0 Å². The topological polar surface area (TPSA) is 100 Å². The van der Waals surface area contributed by atoms with Gasteiger partial charge in [-0.05, 0) is 47.0 Å². The van der Waals surface area contributed by atoms with Gasteiger partial charge in [0.25, 0.3) is 0 Å². The number of nitrogens with two attached hydrogens (primary N) is 1. The van der Waals surface area contributed by atoms with Gasteiger partial charge in [0.2, 0.25) is 0 Å². The number of aliphatic hydroxyl groups excluding tert-OH is 1. The molecule has 0 saturated carbocycles. The van der Waals surface area contributed by atoms with Crippen molar-refractivity contribution < 1.29 is 9.90 Å². The zero-order valence-electron chi connectivity index (χ0n) is 15.4. The number of unbranched alkanes of at least 4 members (excludes halogenated alkanes) is 3. The first-order chi connectivity index (χ1) is 10.3. The number of carbonyl (C=O) groups excluding carboxylic acids is 1. The van der Waals surface area contributed by atoms with Gasteiger partial charge in [0.05, 0.1) is 6.04 Å². The van der Waals surface area contributed by atoms with E-state index >= 15 is 0 Å². The molecule has 0 saturated heterocycles. The molecule has 134 valence electrons. The molecule has 0 heterocycles. The molecule has 1 atom stereocenters. The Hall–Kier alpha value is -0.850. The SMILES string of the molecule is CC(C)NN.CCCCC(O)/N=N/C(C)C.CCCCC=O. The van der Waals surface area contributed by atoms with Gasteiger partial charge in [0, 0.05) is 12.5 Å². The van der Waals surface area contributed by atoms with Crippen LogP contribution in [0.15, 0.2) is 10.2 Å². The zero-order valence-corrected chi connectivity index (χ0v) is 15.4. The lowest BCUT2D eigenvalue weighted by Crippen LogP contribution is -2.29. The maximum atomic E-state index is 9.56. The van der Waals surface area contributed by atoms with Gasteiger partial charge in [0.15, 0.2) is 6.23 Å². The highest BCUT2D eigenvalue weighted by atomic mass is 16.3. The van der Waals surface area contributed by atoms with Crippen molar-refractivity contribution in [2.45, 2.75) is 98.4 Å². The van der Waals surface area contributed by atoms with Crippen molar-refractivity contribution in [1.29, 1.82) is 0 Å². The maximum absolute atomic E-state index is 9.56. The van der Waals surface area contributed by atoms with E-state index in [1.807, 2.05) is 27.7 Å². The summed E-state index contributed by atoms with van der Waals surface area (Å²) in [5.74, 6) is 4.92. The van der Waals surface area contributed by atoms with E-state index < -0.39 is 6.23 Å². The van der Waals surface area contributed by atoms with E-state index in [4.69, 9.17) is 10.9 Å². The van der Waals surface area contributed by atoms with Crippen LogP contribution in [0.5, 0.6) is 0 Å². The highest BCUT2D eigenvalue weighted by molar-refractivity contribution is 5.48. The summed E-state index contributed by atoms with van der Waals surface area (Å²) in [7, 11) is 0. The summed E-state index contributed by atoms with van der Waals surface area (Å²) in [4.78, 5) is 9.56. The Kier molecular flexibility index (Phi) is 26.6. The Balaban J connectivity index is -0.000000277. The van der Waals surface area contributed by atoms with Crippen LogP contribution in [0.25, 0.3) is 0 Å². The number of aliphatic hydroxyl groups is 1. The minimum absolute atomic E-state index is 0.186. The molecule has 0 bridgehead atoms. The van der Waals surface area contributed by atoms with Gasteiger partial charge in [0.1, 0.15) is 6.29 Å². The number of rotatable bonds is 9. The monoisotopic (exact) mass is 318 g/mol. The van der Waals surface area contributed by atoms with Crippen molar-refractivity contribution in [3.05, 3.63) is 0 Å². The lowest BCUT2D eigenvalue weighted by atomic mass is 10.2. The van der Waals surface area contributed by atoms with Gasteiger partial charge >= 0.3 is 0 Å². The third-order valence-corrected chi connectivity index (χ3v) is 2.26. The number of nitrogens with one attached hydrogen (secondary N) is 1. The Morgan fingerprint density at radius 2 is 1.59 bits per heavy atom. The van der Waals surface area contributed by atoms with E-state index in [2.05, 4.69) is 29.5 Å². The number of azo groups is 1. The molecule has 0 aromatic rings. The van der Waals surface area contributed by atoms with Crippen LogP contribution in [0.2, 0.25) is 0 Å². The Morgan fingerprint density at radius 3 is 1.86 bits per heavy atom. The second-order valence-electron chi connectivity index (χ2n) is 5.58. The van der Waals surface area contributed by atoms with Gasteiger partial charge in [-0.1, -0.05) is 26.7 Å². The summed E-state index contributed by atoms with van der Waals surface area (Å²) in [5, 5.41) is 16.8. The molecule has 0 aliphatic heterocycles. The quantitative estimate of drug-likeness (QED) is 0.199. The molecule has 0 spiro atoms. The summed E-state index contributed by atoms with van der Waals surface area (Å²) >= 11 is 0. The molecule has 0 aromatic heterocycles. The van der Waals surface area contributed by atoms with Crippen LogP contribution in [-0.4, -0.2) is 29.7 Å². The molecule has 0 amide bonds. The lowest BCUT2D eigenvalue weighted by molar-refractivity contribution is -0.107. The summed E-state index contributed by atoms with van der Waals surface area (Å²) in [6.07, 6.45) is 6.11. The van der Waals surface area contributed by atoms with Crippen LogP contribution in [-0.2, 0) is 4.79 Å². The van der Waals surface area contributed by atoms with Gasteiger partial charge < -0.3 is 9.90 Å². The smallest absolute Gasteiger partial charge is 0.165 e. The number of aldehydes is 1. The van der Waals surface area contributed by atoms with Crippen LogP contribution in [0.1, 0.15) is 80.1 Å². The molecule has 22 heavy (non-hydrogen) atoms. The molecule has 0 rings (SSSR count). The Labute approximate surface area is 136 Å². The fraction of sp³-hybridized carbons (Fsp3) is 0.938. The van der Waals surface area contributed by atoms with E-state index in [0.29, 0.717) is 6.04 Å². The van der Waals surface area contributed by atoms with E-state index in [1.165, 1.54) is 0 Å². The largest absolute Gasteiger partial charge is 0.370 e. The third-order valence-electron chi connectivity index (χ3n) is 2.26. The standard InChI is InChI=1S/C8H18N2O.C5H10O.C3H10N2/c1-4-5-6-8(11)10-9-7(2)3;1-2-3-4-5-6;1-3(2)5-4/h7-8,11H,4-6H2,1-3H3;5H,2-4H2,1H3;3,5H,4H2,1-2H3/b10-9+;;. The minimum atomic E-state index is -0.586. The molecule has 6 heteroatoms. The molecule has 0 aliphatic rings. The molecule has 0 aliphatic carbocycles. The molecule has 0 fully saturated rings. The highest BCUT2D eigenvalue weighted by Gasteiger charge is 1.99. The summed E-state index contributed by atoms with van der Waals surface area (Å²) < 4.78 is 0. The van der Waals surface area contributed by atoms with Crippen LogP contribution in [0, 0.1) is 0 Å². The normalized spacial score (nSPS) is 11.7. The van der Waals surface area contributed by atoms with Gasteiger partial charge in [-0.25, -0.2) is 0 Å². The Morgan fingerprint density at radius 1 is 1.09 bits per heavy atom. The predicted molar refractivity (Wildman–Crippen MR) is 93.6 cm³/mol. The first-order valence-electron chi connectivity index (χ1n) is 8.33. The second kappa shape index (κ2) is 22.4. The fourth-order valence-corrected chi connectivity index (χ4v) is 0.942. The fourth-order valence-electron chi connectivity index (χ4n) is 0.942. The predicted octanol–water partition coefficient (Wildman–Crippen LogP) is 3.59. The van der Waals surface area contributed by atoms with Crippen molar-refractivity contribution >= 4 is 6.29 Å². The van der Waals surface area contributed by atoms with Crippen LogP contribution >= 0.6 is 0 Å². The second-order valence-corrected chi connectivity index (χ2v) is 5.58. The van der Waals surface area contributed by atoms with E-state index in [-0.39, 0.29) is 6.04 Å². The molecule has 6 nitrogen and oxygen atoms in total. The first kappa shape index (κ1) is 26.1. The third kappa shape index (κ3) is 36.5. The average Bonchev–Trinajstić information content (AvgIpc) is 2.49. The van der Waals surface area contributed by atoms with Crippen molar-refractivity contribution in [2.75, 3.05) is 0 Å². The average molecular weight is 319 g/mol. The zero-order chi connectivity index (χ0) is 17.8. The number of hydrogen-bond acceptors (Lipinski definition) is 6. The first-order valence-corrected chi connectivity index (χ1v) is 8.33. The maximum Gasteiger partial charge on any atom is 0.165 e. The lowest BCUT2D eigenvalue weighted by Gasteiger charge is -2.02. The highest BCUT2D eigenvalue weighted by Crippen LogP contribution is 2.02. The van der Waals surface area contributed by atoms with Gasteiger partial charge in [-0.2, -0.15) is 10.2 Å². The number of hydrogen-bond donors (Lipinski definition) is 3. The van der Waals surface area contributed by atoms with Crippen molar-refractivity contribution in [3.63, 3.8) is 0 Å². The van der Waals surface area contributed by atoms with Crippen LogP contribution in [0.3, 0.4) is 0 Å². The van der Waals surface area contributed by atoms with Crippen molar-refractivity contribution in [3.8, 4) is 0 Å². The molecule has 0 aromatic carbocycles. The summed E-state index contributed by atoms with van der Waals surface area (Å²) in [5.41, 5.74) is 2.53. The van der Waals surface area contributed by atoms with Gasteiger partial charge in [-0.3, -0.25) is 11.3 Å². The van der Waals surface area contributed by atoms with Crippen LogP contribution in [0.4, 0.5) is 0 Å². The number of nitrogens with zero attached hydrogens (tertiary/aromatic N) is 2.